The maximum absolute atomic E-state index is 11.6. The van der Waals surface area contributed by atoms with Crippen LogP contribution in [0.3, 0.4) is 0 Å². The molecule has 2 rings (SSSR count). The van der Waals surface area contributed by atoms with Crippen LogP contribution in [0.15, 0.2) is 36.3 Å². The molecule has 1 aromatic rings. The van der Waals surface area contributed by atoms with Crippen molar-refractivity contribution in [3.63, 3.8) is 0 Å². The Hall–Kier alpha value is -1.64. The molecule has 90 valence electrons. The van der Waals surface area contributed by atoms with Gasteiger partial charge in [0.05, 0.1) is 0 Å². The van der Waals surface area contributed by atoms with Gasteiger partial charge < -0.3 is 5.32 Å². The molecule has 0 atom stereocenters. The van der Waals surface area contributed by atoms with Gasteiger partial charge in [-0.05, 0) is 17.0 Å². The number of hydrogen-bond donors (Lipinski definition) is 1. The topological polar surface area (TPSA) is 42.0 Å². The first-order valence-electron chi connectivity index (χ1n) is 5.91. The first-order valence-corrected chi connectivity index (χ1v) is 5.91. The third-order valence-electron chi connectivity index (χ3n) is 2.85. The van der Waals surface area contributed by atoms with Gasteiger partial charge in [-0.2, -0.15) is 0 Å². The van der Waals surface area contributed by atoms with E-state index in [1.807, 2.05) is 18.3 Å². The lowest BCUT2D eigenvalue weighted by atomic mass is 9.81. The van der Waals surface area contributed by atoms with Crippen LogP contribution in [0, 0.1) is 5.41 Å². The van der Waals surface area contributed by atoms with Crippen LogP contribution in [-0.2, 0) is 11.3 Å². The zero-order chi connectivity index (χ0) is 12.3. The molecule has 0 fully saturated rings. The molecule has 1 aromatic heterocycles. The Morgan fingerprint density at radius 3 is 2.94 bits per heavy atom. The Morgan fingerprint density at radius 1 is 1.47 bits per heavy atom. The molecule has 0 radical (unpaired) electrons. The molecule has 17 heavy (non-hydrogen) atoms. The first kappa shape index (κ1) is 11.8. The second kappa shape index (κ2) is 4.70. The maximum Gasteiger partial charge on any atom is 0.139 e. The van der Waals surface area contributed by atoms with E-state index >= 15 is 0 Å². The summed E-state index contributed by atoms with van der Waals surface area (Å²) in [6.45, 7) is 4.91. The molecule has 1 heterocycles. The minimum Gasteiger partial charge on any atom is -0.384 e. The van der Waals surface area contributed by atoms with Gasteiger partial charge in [0.1, 0.15) is 5.78 Å². The van der Waals surface area contributed by atoms with Crippen molar-refractivity contribution in [3.8, 4) is 0 Å². The Kier molecular flexibility index (Phi) is 3.27. The van der Waals surface area contributed by atoms with Crippen LogP contribution < -0.4 is 5.32 Å². The van der Waals surface area contributed by atoms with Crippen molar-refractivity contribution in [2.75, 3.05) is 0 Å². The Morgan fingerprint density at radius 2 is 2.29 bits per heavy atom. The van der Waals surface area contributed by atoms with Gasteiger partial charge in [0, 0.05) is 37.5 Å². The fourth-order valence-electron chi connectivity index (χ4n) is 2.19. The normalized spacial score (nSPS) is 18.7. The Bertz CT molecular complexity index is 435. The summed E-state index contributed by atoms with van der Waals surface area (Å²) in [7, 11) is 0. The predicted molar refractivity (Wildman–Crippen MR) is 67.2 cm³/mol. The SMILES string of the molecule is CC1(C)C=C(NCc2cccnc2)CC(=O)C1. The summed E-state index contributed by atoms with van der Waals surface area (Å²) in [5.41, 5.74) is 2.14. The highest BCUT2D eigenvalue weighted by molar-refractivity contribution is 5.83. The third kappa shape index (κ3) is 3.41. The van der Waals surface area contributed by atoms with E-state index in [1.165, 1.54) is 0 Å². The summed E-state index contributed by atoms with van der Waals surface area (Å²) in [6.07, 6.45) is 6.94. The maximum atomic E-state index is 11.6. The van der Waals surface area contributed by atoms with Gasteiger partial charge >= 0.3 is 0 Å². The molecule has 0 spiro atoms. The van der Waals surface area contributed by atoms with Gasteiger partial charge in [0.15, 0.2) is 0 Å². The van der Waals surface area contributed by atoms with Gasteiger partial charge in [-0.3, -0.25) is 9.78 Å². The summed E-state index contributed by atoms with van der Waals surface area (Å²) in [5, 5.41) is 3.32. The molecule has 1 N–H and O–H groups in total. The van der Waals surface area contributed by atoms with Crippen LogP contribution in [-0.4, -0.2) is 10.8 Å². The lowest BCUT2D eigenvalue weighted by Crippen LogP contribution is -2.26. The molecular weight excluding hydrogens is 212 g/mol. The number of carbonyl (C=O) groups excluding carboxylic acids is 1. The quantitative estimate of drug-likeness (QED) is 0.867. The van der Waals surface area contributed by atoms with Crippen molar-refractivity contribution in [1.82, 2.24) is 10.3 Å². The second-order valence-electron chi connectivity index (χ2n) is 5.27. The average molecular weight is 230 g/mol. The van der Waals surface area contributed by atoms with Crippen LogP contribution in [0.25, 0.3) is 0 Å². The minimum atomic E-state index is -0.0212. The number of hydrogen-bond acceptors (Lipinski definition) is 3. The number of nitrogens with zero attached hydrogens (tertiary/aromatic N) is 1. The van der Waals surface area contributed by atoms with Crippen LogP contribution in [0.1, 0.15) is 32.3 Å². The number of carbonyl (C=O) groups is 1. The fraction of sp³-hybridized carbons (Fsp3) is 0.429. The van der Waals surface area contributed by atoms with E-state index in [0.717, 1.165) is 17.8 Å². The number of allylic oxidation sites excluding steroid dienone is 2. The summed E-state index contributed by atoms with van der Waals surface area (Å²) in [4.78, 5) is 15.7. The zero-order valence-corrected chi connectivity index (χ0v) is 10.4. The zero-order valence-electron chi connectivity index (χ0n) is 10.4. The largest absolute Gasteiger partial charge is 0.384 e. The molecule has 0 aliphatic heterocycles. The monoisotopic (exact) mass is 230 g/mol. The van der Waals surface area contributed by atoms with E-state index in [4.69, 9.17) is 0 Å². The van der Waals surface area contributed by atoms with Gasteiger partial charge in [-0.15, -0.1) is 0 Å². The molecule has 0 saturated heterocycles. The fourth-order valence-corrected chi connectivity index (χ4v) is 2.19. The second-order valence-corrected chi connectivity index (χ2v) is 5.27. The minimum absolute atomic E-state index is 0.0212. The average Bonchev–Trinajstić information content (AvgIpc) is 2.25. The first-order chi connectivity index (χ1) is 8.05. The van der Waals surface area contributed by atoms with E-state index in [2.05, 4.69) is 30.2 Å². The van der Waals surface area contributed by atoms with Gasteiger partial charge in [0.2, 0.25) is 0 Å². The highest BCUT2D eigenvalue weighted by Crippen LogP contribution is 2.30. The van der Waals surface area contributed by atoms with Gasteiger partial charge in [-0.25, -0.2) is 0 Å². The van der Waals surface area contributed by atoms with E-state index in [0.29, 0.717) is 18.6 Å². The standard InChI is InChI=1S/C14H18N2O/c1-14(2)7-12(6-13(17)8-14)16-10-11-4-3-5-15-9-11/h3-5,7,9,16H,6,8,10H2,1-2H3. The van der Waals surface area contributed by atoms with Crippen molar-refractivity contribution in [3.05, 3.63) is 41.9 Å². The number of rotatable bonds is 3. The molecule has 0 unspecified atom stereocenters. The summed E-state index contributed by atoms with van der Waals surface area (Å²) >= 11 is 0. The van der Waals surface area contributed by atoms with Crippen LogP contribution >= 0.6 is 0 Å². The highest BCUT2D eigenvalue weighted by Gasteiger charge is 2.25. The lowest BCUT2D eigenvalue weighted by molar-refractivity contribution is -0.120. The summed E-state index contributed by atoms with van der Waals surface area (Å²) in [5.74, 6) is 0.311. The number of nitrogens with one attached hydrogen (secondary N) is 1. The van der Waals surface area contributed by atoms with Crippen molar-refractivity contribution in [1.29, 1.82) is 0 Å². The van der Waals surface area contributed by atoms with Crippen LogP contribution in [0.2, 0.25) is 0 Å². The molecule has 1 aliphatic rings. The predicted octanol–water partition coefficient (Wildman–Crippen LogP) is 2.44. The number of aromatic nitrogens is 1. The molecule has 0 saturated carbocycles. The molecule has 0 bridgehead atoms. The highest BCUT2D eigenvalue weighted by atomic mass is 16.1. The van der Waals surface area contributed by atoms with E-state index in [1.54, 1.807) is 6.20 Å². The smallest absolute Gasteiger partial charge is 0.139 e. The number of pyridine rings is 1. The number of Topliss-reactive ketones (excluding diaryl/α,β-unsaturated/α-hetero) is 1. The van der Waals surface area contributed by atoms with Gasteiger partial charge in [0.25, 0.3) is 0 Å². The van der Waals surface area contributed by atoms with E-state index in [9.17, 15) is 4.79 Å². The molecular formula is C14H18N2O. The van der Waals surface area contributed by atoms with Crippen LogP contribution in [0.5, 0.6) is 0 Å². The molecule has 0 aromatic carbocycles. The molecule has 1 aliphatic carbocycles. The Balaban J connectivity index is 2.00. The van der Waals surface area contributed by atoms with Crippen molar-refractivity contribution in [2.24, 2.45) is 5.41 Å². The van der Waals surface area contributed by atoms with Crippen molar-refractivity contribution >= 4 is 5.78 Å². The van der Waals surface area contributed by atoms with Crippen molar-refractivity contribution < 1.29 is 4.79 Å². The van der Waals surface area contributed by atoms with Crippen molar-refractivity contribution in [2.45, 2.75) is 33.2 Å². The molecule has 3 nitrogen and oxygen atoms in total. The van der Waals surface area contributed by atoms with Crippen LogP contribution in [0.4, 0.5) is 0 Å². The molecule has 3 heteroatoms. The lowest BCUT2D eigenvalue weighted by Gasteiger charge is -2.27. The summed E-state index contributed by atoms with van der Waals surface area (Å²) in [6, 6.07) is 3.94. The molecule has 0 amide bonds. The Labute approximate surface area is 102 Å². The third-order valence-corrected chi connectivity index (χ3v) is 2.85. The van der Waals surface area contributed by atoms with E-state index in [-0.39, 0.29) is 5.41 Å². The van der Waals surface area contributed by atoms with Gasteiger partial charge in [-0.1, -0.05) is 26.0 Å². The number of ketones is 1. The van der Waals surface area contributed by atoms with E-state index < -0.39 is 0 Å². The summed E-state index contributed by atoms with van der Waals surface area (Å²) < 4.78 is 0.